The molecule has 1 aromatic carbocycles. The van der Waals surface area contributed by atoms with Crippen LogP contribution in [0.1, 0.15) is 6.92 Å². The molecule has 1 saturated heterocycles. The van der Waals surface area contributed by atoms with Crippen LogP contribution in [0, 0.1) is 0 Å². The Morgan fingerprint density at radius 3 is 2.72 bits per heavy atom. The van der Waals surface area contributed by atoms with Crippen LogP contribution in [0.25, 0.3) is 0 Å². The summed E-state index contributed by atoms with van der Waals surface area (Å²) in [7, 11) is 0. The minimum atomic E-state index is -0.652. The molecule has 1 aliphatic heterocycles. The lowest BCUT2D eigenvalue weighted by Crippen LogP contribution is -2.48. The van der Waals surface area contributed by atoms with Crippen LogP contribution in [0.4, 0.5) is 10.5 Å². The predicted octanol–water partition coefficient (Wildman–Crippen LogP) is 2.49. The molecule has 132 valence electrons. The van der Waals surface area contributed by atoms with Crippen molar-refractivity contribution in [2.75, 3.05) is 25.1 Å². The average molecular weight is 343 g/mol. The van der Waals surface area contributed by atoms with Gasteiger partial charge in [0.2, 0.25) is 0 Å². The van der Waals surface area contributed by atoms with Crippen LogP contribution in [0.5, 0.6) is 11.5 Å². The standard InChI is InChI=1S/C18H21N3O4/c1-2-21(16-11-24-12-17(16)22)18(23)20-13-5-7-14(8-6-13)25-15-4-3-9-19-10-15/h3-10,16-17,22H,2,11-12H2,1H3,(H,20,23)/t16-,17-/m0/s1. The molecule has 2 amide bonds. The van der Waals surface area contributed by atoms with Crippen molar-refractivity contribution < 1.29 is 19.4 Å². The van der Waals surface area contributed by atoms with Gasteiger partial charge < -0.3 is 24.8 Å². The lowest BCUT2D eigenvalue weighted by atomic mass is 10.2. The van der Waals surface area contributed by atoms with E-state index in [1.807, 2.05) is 13.0 Å². The number of rotatable bonds is 5. The number of nitrogens with zero attached hydrogens (tertiary/aromatic N) is 2. The molecule has 0 saturated carbocycles. The third-order valence-corrected chi connectivity index (χ3v) is 4.00. The van der Waals surface area contributed by atoms with Crippen LogP contribution in [0.2, 0.25) is 0 Å². The van der Waals surface area contributed by atoms with E-state index in [0.717, 1.165) is 0 Å². The first kappa shape index (κ1) is 17.2. The van der Waals surface area contributed by atoms with E-state index in [1.165, 1.54) is 0 Å². The molecule has 1 aliphatic rings. The summed E-state index contributed by atoms with van der Waals surface area (Å²) in [4.78, 5) is 18.0. The highest BCUT2D eigenvalue weighted by Gasteiger charge is 2.33. The summed E-state index contributed by atoms with van der Waals surface area (Å²) in [5.74, 6) is 1.30. The number of likely N-dealkylation sites (N-methyl/N-ethyl adjacent to an activating group) is 1. The number of urea groups is 1. The number of carbonyl (C=O) groups excluding carboxylic acids is 1. The number of carbonyl (C=O) groups is 1. The number of hydrogen-bond acceptors (Lipinski definition) is 5. The van der Waals surface area contributed by atoms with Gasteiger partial charge in [0.1, 0.15) is 11.5 Å². The van der Waals surface area contributed by atoms with E-state index in [4.69, 9.17) is 9.47 Å². The molecule has 2 N–H and O–H groups in total. The number of ether oxygens (including phenoxy) is 2. The SMILES string of the molecule is CCN(C(=O)Nc1ccc(Oc2cccnc2)cc1)[C@H]1COC[C@@H]1O. The molecule has 2 atom stereocenters. The molecule has 25 heavy (non-hydrogen) atoms. The van der Waals surface area contributed by atoms with Gasteiger partial charge in [-0.3, -0.25) is 4.98 Å². The largest absolute Gasteiger partial charge is 0.456 e. The Morgan fingerprint density at radius 1 is 1.32 bits per heavy atom. The smallest absolute Gasteiger partial charge is 0.322 e. The number of aliphatic hydroxyl groups excluding tert-OH is 1. The summed E-state index contributed by atoms with van der Waals surface area (Å²) >= 11 is 0. The first-order chi connectivity index (χ1) is 12.2. The molecule has 7 nitrogen and oxygen atoms in total. The molecule has 0 bridgehead atoms. The van der Waals surface area contributed by atoms with Crippen molar-refractivity contribution in [3.8, 4) is 11.5 Å². The quantitative estimate of drug-likeness (QED) is 0.871. The molecule has 0 spiro atoms. The highest BCUT2D eigenvalue weighted by molar-refractivity contribution is 5.89. The molecule has 1 fully saturated rings. The van der Waals surface area contributed by atoms with E-state index >= 15 is 0 Å². The highest BCUT2D eigenvalue weighted by Crippen LogP contribution is 2.22. The van der Waals surface area contributed by atoms with Gasteiger partial charge in [0, 0.05) is 18.4 Å². The summed E-state index contributed by atoms with van der Waals surface area (Å²) < 4.78 is 10.9. The van der Waals surface area contributed by atoms with E-state index < -0.39 is 6.10 Å². The van der Waals surface area contributed by atoms with Gasteiger partial charge in [-0.05, 0) is 43.3 Å². The fourth-order valence-corrected chi connectivity index (χ4v) is 2.70. The van der Waals surface area contributed by atoms with Gasteiger partial charge in [0.25, 0.3) is 0 Å². The Morgan fingerprint density at radius 2 is 2.12 bits per heavy atom. The molecular weight excluding hydrogens is 322 g/mol. The zero-order chi connectivity index (χ0) is 17.6. The molecule has 0 radical (unpaired) electrons. The fourth-order valence-electron chi connectivity index (χ4n) is 2.70. The molecule has 7 heteroatoms. The number of anilines is 1. The Hall–Kier alpha value is -2.64. The Kier molecular flexibility index (Phi) is 5.47. The third kappa shape index (κ3) is 4.26. The van der Waals surface area contributed by atoms with Crippen molar-refractivity contribution in [2.24, 2.45) is 0 Å². The summed E-state index contributed by atoms with van der Waals surface area (Å²) in [5, 5.41) is 12.7. The van der Waals surface area contributed by atoms with Crippen molar-refractivity contribution in [1.82, 2.24) is 9.88 Å². The van der Waals surface area contributed by atoms with Crippen LogP contribution in [0.15, 0.2) is 48.8 Å². The van der Waals surface area contributed by atoms with E-state index in [1.54, 1.807) is 47.6 Å². The van der Waals surface area contributed by atoms with E-state index in [0.29, 0.717) is 30.3 Å². The second kappa shape index (κ2) is 7.96. The zero-order valence-electron chi connectivity index (χ0n) is 14.0. The molecule has 1 aromatic heterocycles. The van der Waals surface area contributed by atoms with Crippen LogP contribution in [-0.4, -0.2) is 52.9 Å². The second-order valence-corrected chi connectivity index (χ2v) is 5.70. The zero-order valence-corrected chi connectivity index (χ0v) is 14.0. The van der Waals surface area contributed by atoms with Gasteiger partial charge >= 0.3 is 6.03 Å². The van der Waals surface area contributed by atoms with Crippen molar-refractivity contribution in [2.45, 2.75) is 19.1 Å². The average Bonchev–Trinajstić information content (AvgIpc) is 3.04. The van der Waals surface area contributed by atoms with Crippen molar-refractivity contribution in [3.63, 3.8) is 0 Å². The number of nitrogens with one attached hydrogen (secondary N) is 1. The number of amides is 2. The maximum atomic E-state index is 12.5. The van der Waals surface area contributed by atoms with E-state index in [9.17, 15) is 9.90 Å². The molecule has 0 unspecified atom stereocenters. The fraction of sp³-hybridized carbons (Fsp3) is 0.333. The maximum Gasteiger partial charge on any atom is 0.322 e. The van der Waals surface area contributed by atoms with Crippen molar-refractivity contribution in [1.29, 1.82) is 0 Å². The third-order valence-electron chi connectivity index (χ3n) is 4.00. The molecule has 2 aromatic rings. The number of hydrogen-bond donors (Lipinski definition) is 2. The van der Waals surface area contributed by atoms with Crippen LogP contribution in [-0.2, 0) is 4.74 Å². The highest BCUT2D eigenvalue weighted by atomic mass is 16.5. The number of pyridine rings is 1. The van der Waals surface area contributed by atoms with E-state index in [-0.39, 0.29) is 18.7 Å². The topological polar surface area (TPSA) is 83.9 Å². The summed E-state index contributed by atoms with van der Waals surface area (Å²) in [6, 6.07) is 10.1. The van der Waals surface area contributed by atoms with Crippen LogP contribution >= 0.6 is 0 Å². The Labute approximate surface area is 146 Å². The number of benzene rings is 1. The second-order valence-electron chi connectivity index (χ2n) is 5.70. The Balaban J connectivity index is 1.61. The number of aliphatic hydroxyl groups is 1. The van der Waals surface area contributed by atoms with E-state index in [2.05, 4.69) is 10.3 Å². The normalized spacial score (nSPS) is 19.4. The molecule has 3 rings (SSSR count). The van der Waals surface area contributed by atoms with Crippen LogP contribution < -0.4 is 10.1 Å². The predicted molar refractivity (Wildman–Crippen MR) is 92.8 cm³/mol. The summed E-state index contributed by atoms with van der Waals surface area (Å²) in [6.07, 6.45) is 2.65. The van der Waals surface area contributed by atoms with Gasteiger partial charge in [-0.1, -0.05) is 0 Å². The van der Waals surface area contributed by atoms with Crippen molar-refractivity contribution in [3.05, 3.63) is 48.8 Å². The van der Waals surface area contributed by atoms with Gasteiger partial charge in [-0.15, -0.1) is 0 Å². The van der Waals surface area contributed by atoms with Gasteiger partial charge in [-0.2, -0.15) is 0 Å². The van der Waals surface area contributed by atoms with Gasteiger partial charge in [-0.25, -0.2) is 4.79 Å². The lowest BCUT2D eigenvalue weighted by molar-refractivity contribution is 0.1000. The monoisotopic (exact) mass is 343 g/mol. The molecule has 0 aliphatic carbocycles. The van der Waals surface area contributed by atoms with Crippen molar-refractivity contribution >= 4 is 11.7 Å². The minimum Gasteiger partial charge on any atom is -0.456 e. The van der Waals surface area contributed by atoms with Crippen LogP contribution in [0.3, 0.4) is 0 Å². The van der Waals surface area contributed by atoms with Gasteiger partial charge in [0.15, 0.2) is 0 Å². The minimum absolute atomic E-state index is 0.259. The summed E-state index contributed by atoms with van der Waals surface area (Å²) in [5.41, 5.74) is 0.649. The number of aromatic nitrogens is 1. The molecule has 2 heterocycles. The van der Waals surface area contributed by atoms with Gasteiger partial charge in [0.05, 0.1) is 31.6 Å². The maximum absolute atomic E-state index is 12.5. The first-order valence-corrected chi connectivity index (χ1v) is 8.18. The summed E-state index contributed by atoms with van der Waals surface area (Å²) in [6.45, 7) is 2.96. The molecular formula is C18H21N3O4. The lowest BCUT2D eigenvalue weighted by Gasteiger charge is -2.28. The Bertz CT molecular complexity index is 693. The first-order valence-electron chi connectivity index (χ1n) is 8.18.